The molecule has 0 fully saturated rings. The Labute approximate surface area is 117 Å². The molecule has 3 aromatic rings. The fourth-order valence-corrected chi connectivity index (χ4v) is 2.50. The molecule has 0 radical (unpaired) electrons. The van der Waals surface area contributed by atoms with Crippen LogP contribution in [0.5, 0.6) is 5.75 Å². The topological polar surface area (TPSA) is 50.8 Å². The molecule has 3 rings (SSSR count). The second kappa shape index (κ2) is 4.96. The zero-order chi connectivity index (χ0) is 14.1. The third kappa shape index (κ3) is 1.93. The maximum absolute atomic E-state index is 5.43. The van der Waals surface area contributed by atoms with Crippen LogP contribution in [0.3, 0.4) is 0 Å². The van der Waals surface area contributed by atoms with Crippen LogP contribution in [0.1, 0.15) is 18.3 Å². The third-order valence-electron chi connectivity index (χ3n) is 3.54. The van der Waals surface area contributed by atoms with Crippen LogP contribution in [0.4, 0.5) is 0 Å². The molecule has 0 saturated carbocycles. The summed E-state index contributed by atoms with van der Waals surface area (Å²) in [6.07, 6.45) is 2.79. The summed E-state index contributed by atoms with van der Waals surface area (Å²) in [7, 11) is 1.67. The number of ether oxygens (including phenoxy) is 1. The largest absolute Gasteiger partial charge is 0.494 e. The lowest BCUT2D eigenvalue weighted by Crippen LogP contribution is -1.93. The maximum atomic E-state index is 5.43. The van der Waals surface area contributed by atoms with Crippen molar-refractivity contribution in [3.05, 3.63) is 41.9 Å². The Hall–Kier alpha value is -2.36. The van der Waals surface area contributed by atoms with Gasteiger partial charge in [-0.15, -0.1) is 0 Å². The van der Waals surface area contributed by atoms with Crippen molar-refractivity contribution in [2.45, 2.75) is 20.3 Å². The van der Waals surface area contributed by atoms with E-state index in [0.29, 0.717) is 0 Å². The predicted molar refractivity (Wildman–Crippen MR) is 80.0 cm³/mol. The Morgan fingerprint density at radius 2 is 2.00 bits per heavy atom. The van der Waals surface area contributed by atoms with Gasteiger partial charge in [-0.2, -0.15) is 5.10 Å². The van der Waals surface area contributed by atoms with Crippen LogP contribution >= 0.6 is 0 Å². The van der Waals surface area contributed by atoms with Gasteiger partial charge in [0.1, 0.15) is 11.3 Å². The molecular formula is C16H17N3O. The SMILES string of the molecule is CCc1[nH]ncc1-c1ccc(OC)c2nc(C)ccc12. The molecule has 0 aliphatic rings. The van der Waals surface area contributed by atoms with Crippen molar-refractivity contribution < 1.29 is 4.74 Å². The number of aromatic nitrogens is 3. The van der Waals surface area contributed by atoms with Crippen LogP contribution in [-0.2, 0) is 6.42 Å². The summed E-state index contributed by atoms with van der Waals surface area (Å²) < 4.78 is 5.43. The van der Waals surface area contributed by atoms with E-state index in [1.807, 2.05) is 25.3 Å². The average molecular weight is 267 g/mol. The highest BCUT2D eigenvalue weighted by atomic mass is 16.5. The van der Waals surface area contributed by atoms with Crippen LogP contribution in [0.25, 0.3) is 22.0 Å². The number of hydrogen-bond acceptors (Lipinski definition) is 3. The lowest BCUT2D eigenvalue weighted by atomic mass is 9.99. The maximum Gasteiger partial charge on any atom is 0.145 e. The van der Waals surface area contributed by atoms with E-state index in [1.165, 1.54) is 0 Å². The van der Waals surface area contributed by atoms with Gasteiger partial charge < -0.3 is 4.74 Å². The highest BCUT2D eigenvalue weighted by Crippen LogP contribution is 2.34. The van der Waals surface area contributed by atoms with E-state index in [0.717, 1.165) is 45.6 Å². The molecule has 102 valence electrons. The van der Waals surface area contributed by atoms with Gasteiger partial charge in [-0.05, 0) is 37.1 Å². The summed E-state index contributed by atoms with van der Waals surface area (Å²) in [4.78, 5) is 4.62. The summed E-state index contributed by atoms with van der Waals surface area (Å²) in [5.41, 5.74) is 5.28. The number of H-pyrrole nitrogens is 1. The second-order valence-corrected chi connectivity index (χ2v) is 4.78. The standard InChI is InChI=1S/C16H17N3O/c1-4-14-13(9-17-19-14)11-7-8-15(20-3)16-12(11)6-5-10(2)18-16/h5-9H,4H2,1-3H3,(H,17,19). The second-order valence-electron chi connectivity index (χ2n) is 4.78. The number of methoxy groups -OCH3 is 1. The number of aromatic amines is 1. The molecule has 2 aromatic heterocycles. The normalized spacial score (nSPS) is 10.9. The average Bonchev–Trinajstić information content (AvgIpc) is 2.94. The van der Waals surface area contributed by atoms with E-state index in [2.05, 4.69) is 34.2 Å². The van der Waals surface area contributed by atoms with Gasteiger partial charge >= 0.3 is 0 Å². The number of nitrogens with zero attached hydrogens (tertiary/aromatic N) is 2. The van der Waals surface area contributed by atoms with Crippen molar-refractivity contribution in [2.24, 2.45) is 0 Å². The van der Waals surface area contributed by atoms with Crippen molar-refractivity contribution in [3.63, 3.8) is 0 Å². The molecule has 2 heterocycles. The molecule has 0 aliphatic carbocycles. The molecule has 0 unspecified atom stereocenters. The molecular weight excluding hydrogens is 250 g/mol. The van der Waals surface area contributed by atoms with Gasteiger partial charge in [0.25, 0.3) is 0 Å². The summed E-state index contributed by atoms with van der Waals surface area (Å²) in [6, 6.07) is 8.16. The van der Waals surface area contributed by atoms with E-state index in [-0.39, 0.29) is 0 Å². The van der Waals surface area contributed by atoms with Crippen LogP contribution in [0.2, 0.25) is 0 Å². The lowest BCUT2D eigenvalue weighted by Gasteiger charge is -2.10. The fourth-order valence-electron chi connectivity index (χ4n) is 2.50. The van der Waals surface area contributed by atoms with Crippen molar-refractivity contribution in [2.75, 3.05) is 7.11 Å². The first-order valence-electron chi connectivity index (χ1n) is 6.71. The molecule has 1 N–H and O–H groups in total. The molecule has 4 nitrogen and oxygen atoms in total. The first-order valence-corrected chi connectivity index (χ1v) is 6.71. The number of rotatable bonds is 3. The fraction of sp³-hybridized carbons (Fsp3) is 0.250. The first-order chi connectivity index (χ1) is 9.74. The molecule has 0 atom stereocenters. The Bertz CT molecular complexity index is 762. The van der Waals surface area contributed by atoms with Gasteiger partial charge in [0.2, 0.25) is 0 Å². The Kier molecular flexibility index (Phi) is 3.14. The van der Waals surface area contributed by atoms with Gasteiger partial charge in [-0.3, -0.25) is 5.10 Å². The highest BCUT2D eigenvalue weighted by molar-refractivity contribution is 5.98. The van der Waals surface area contributed by atoms with Crippen LogP contribution in [0.15, 0.2) is 30.5 Å². The van der Waals surface area contributed by atoms with Crippen molar-refractivity contribution in [1.82, 2.24) is 15.2 Å². The number of fused-ring (bicyclic) bond motifs is 1. The number of pyridine rings is 1. The summed E-state index contributed by atoms with van der Waals surface area (Å²) in [6.45, 7) is 4.10. The zero-order valence-corrected chi connectivity index (χ0v) is 11.9. The van der Waals surface area contributed by atoms with Crippen LogP contribution < -0.4 is 4.74 Å². The molecule has 0 saturated heterocycles. The molecule has 0 aliphatic heterocycles. The van der Waals surface area contributed by atoms with E-state index in [9.17, 15) is 0 Å². The van der Waals surface area contributed by atoms with Gasteiger partial charge in [-0.1, -0.05) is 13.0 Å². The van der Waals surface area contributed by atoms with E-state index < -0.39 is 0 Å². The van der Waals surface area contributed by atoms with Crippen LogP contribution in [-0.4, -0.2) is 22.3 Å². The molecule has 4 heteroatoms. The van der Waals surface area contributed by atoms with E-state index in [4.69, 9.17) is 4.74 Å². The van der Waals surface area contributed by atoms with Crippen molar-refractivity contribution in [3.8, 4) is 16.9 Å². The van der Waals surface area contributed by atoms with Crippen LogP contribution in [0, 0.1) is 6.92 Å². The molecule has 20 heavy (non-hydrogen) atoms. The monoisotopic (exact) mass is 267 g/mol. The molecule has 0 bridgehead atoms. The summed E-state index contributed by atoms with van der Waals surface area (Å²) in [5.74, 6) is 0.800. The van der Waals surface area contributed by atoms with Gasteiger partial charge in [0, 0.05) is 22.3 Å². The van der Waals surface area contributed by atoms with Gasteiger partial charge in [0.05, 0.1) is 13.3 Å². The molecule has 1 aromatic carbocycles. The quantitative estimate of drug-likeness (QED) is 0.790. The third-order valence-corrected chi connectivity index (χ3v) is 3.54. The number of hydrogen-bond donors (Lipinski definition) is 1. The van der Waals surface area contributed by atoms with Gasteiger partial charge in [0.15, 0.2) is 0 Å². The Morgan fingerprint density at radius 1 is 1.15 bits per heavy atom. The molecule has 0 amide bonds. The van der Waals surface area contributed by atoms with Gasteiger partial charge in [-0.25, -0.2) is 4.98 Å². The smallest absolute Gasteiger partial charge is 0.145 e. The summed E-state index contributed by atoms with van der Waals surface area (Å²) in [5, 5.41) is 8.31. The number of aryl methyl sites for hydroxylation is 2. The minimum Gasteiger partial charge on any atom is -0.494 e. The highest BCUT2D eigenvalue weighted by Gasteiger charge is 2.13. The first kappa shape index (κ1) is 12.7. The van der Waals surface area contributed by atoms with E-state index >= 15 is 0 Å². The number of nitrogens with one attached hydrogen (secondary N) is 1. The number of benzene rings is 1. The minimum absolute atomic E-state index is 0.800. The Morgan fingerprint density at radius 3 is 2.75 bits per heavy atom. The summed E-state index contributed by atoms with van der Waals surface area (Å²) >= 11 is 0. The molecule has 0 spiro atoms. The Balaban J connectivity index is 2.32. The zero-order valence-electron chi connectivity index (χ0n) is 11.9. The predicted octanol–water partition coefficient (Wildman–Crippen LogP) is 3.50. The minimum atomic E-state index is 0.800. The van der Waals surface area contributed by atoms with E-state index in [1.54, 1.807) is 7.11 Å². The van der Waals surface area contributed by atoms with Crippen molar-refractivity contribution >= 4 is 10.9 Å². The van der Waals surface area contributed by atoms with Crippen molar-refractivity contribution in [1.29, 1.82) is 0 Å². The lowest BCUT2D eigenvalue weighted by molar-refractivity contribution is 0.419.